The van der Waals surface area contributed by atoms with Crippen molar-refractivity contribution in [2.45, 2.75) is 26.2 Å². The number of hydrogen-bond acceptors (Lipinski definition) is 6. The van der Waals surface area contributed by atoms with Crippen LogP contribution in [0, 0.1) is 6.92 Å². The zero-order valence-corrected chi connectivity index (χ0v) is 19.3. The molecule has 13 heteroatoms. The molecule has 0 spiro atoms. The van der Waals surface area contributed by atoms with Gasteiger partial charge in [-0.15, -0.1) is 0 Å². The number of halogens is 6. The quantitative estimate of drug-likeness (QED) is 0.179. The van der Waals surface area contributed by atoms with E-state index in [1.165, 1.54) is 18.4 Å². The van der Waals surface area contributed by atoms with Gasteiger partial charge in [-0.2, -0.15) is 26.3 Å². The minimum atomic E-state index is -4.92. The van der Waals surface area contributed by atoms with Gasteiger partial charge in [0, 0.05) is 30.9 Å². The van der Waals surface area contributed by atoms with E-state index in [1.807, 2.05) is 0 Å². The number of hydrazine groups is 1. The summed E-state index contributed by atoms with van der Waals surface area (Å²) in [7, 11) is 1.24. The van der Waals surface area contributed by atoms with Crippen molar-refractivity contribution in [1.82, 2.24) is 5.43 Å². The number of benzene rings is 2. The first-order chi connectivity index (χ1) is 16.2. The van der Waals surface area contributed by atoms with E-state index >= 15 is 0 Å². The molecule has 0 radical (unpaired) electrons. The van der Waals surface area contributed by atoms with Crippen LogP contribution in [0.5, 0.6) is 0 Å². The summed E-state index contributed by atoms with van der Waals surface area (Å²) in [5, 5.41) is 0. The third-order valence-corrected chi connectivity index (χ3v) is 4.20. The molecular weight excluding hydrogens is 482 g/mol. The van der Waals surface area contributed by atoms with Crippen molar-refractivity contribution >= 4 is 18.1 Å². The van der Waals surface area contributed by atoms with Crippen LogP contribution in [0.4, 0.5) is 36.8 Å². The van der Waals surface area contributed by atoms with Gasteiger partial charge in [-0.3, -0.25) is 10.2 Å². The standard InChI is InChI=1S/C11H18N2.C9H4F6O.C2H6N2O2/c1-3-13(8-7-12)11-6-4-5-10(2)9-11;10-8(11,12)6-1-5(4-16)2-7(3-6)9(13,14)15;1-6-2(5)4-3/h4-6,9H,3,7-8,12H2,1-2H3;1-4H;3H2,1H3,(H,4,5). The summed E-state index contributed by atoms with van der Waals surface area (Å²) in [6, 6.07) is 9.21. The zero-order valence-electron chi connectivity index (χ0n) is 19.3. The molecule has 0 aliphatic carbocycles. The first kappa shape index (κ1) is 31.7. The van der Waals surface area contributed by atoms with Crippen molar-refractivity contribution < 1.29 is 40.7 Å². The van der Waals surface area contributed by atoms with E-state index in [2.05, 4.69) is 53.6 Å². The van der Waals surface area contributed by atoms with Crippen LogP contribution in [0.3, 0.4) is 0 Å². The molecule has 0 unspecified atom stereocenters. The van der Waals surface area contributed by atoms with Crippen LogP contribution < -0.4 is 21.9 Å². The number of aryl methyl sites for hydroxylation is 1. The normalized spacial score (nSPS) is 10.7. The Morgan fingerprint density at radius 2 is 1.60 bits per heavy atom. The Hall–Kier alpha value is -3.32. The van der Waals surface area contributed by atoms with E-state index in [0.717, 1.165) is 13.1 Å². The molecule has 0 aliphatic rings. The van der Waals surface area contributed by atoms with Gasteiger partial charge in [0.25, 0.3) is 0 Å². The lowest BCUT2D eigenvalue weighted by Crippen LogP contribution is -2.29. The molecule has 2 rings (SSSR count). The monoisotopic (exact) mass is 510 g/mol. The molecule has 0 bridgehead atoms. The molecule has 0 heterocycles. The summed E-state index contributed by atoms with van der Waals surface area (Å²) in [4.78, 5) is 22.2. The fourth-order valence-corrected chi connectivity index (χ4v) is 2.56. The van der Waals surface area contributed by atoms with Gasteiger partial charge in [-0.05, 0) is 49.7 Å². The summed E-state index contributed by atoms with van der Waals surface area (Å²) in [5.74, 6) is 4.56. The number of likely N-dealkylation sites (N-methyl/N-ethyl adjacent to an activating group) is 1. The predicted octanol–water partition coefficient (Wildman–Crippen LogP) is 4.53. The summed E-state index contributed by atoms with van der Waals surface area (Å²) < 4.78 is 77.2. The Morgan fingerprint density at radius 1 is 1.06 bits per heavy atom. The number of aldehydes is 1. The second-order valence-electron chi connectivity index (χ2n) is 6.80. The first-order valence-electron chi connectivity index (χ1n) is 10.0. The van der Waals surface area contributed by atoms with E-state index in [0.29, 0.717) is 18.7 Å². The lowest BCUT2D eigenvalue weighted by Gasteiger charge is -2.22. The second kappa shape index (κ2) is 14.8. The van der Waals surface area contributed by atoms with Gasteiger partial charge in [0.2, 0.25) is 0 Å². The van der Waals surface area contributed by atoms with Crippen LogP contribution in [-0.2, 0) is 17.1 Å². The highest BCUT2D eigenvalue weighted by Gasteiger charge is 2.36. The van der Waals surface area contributed by atoms with E-state index < -0.39 is 35.1 Å². The number of nitrogens with zero attached hydrogens (tertiary/aromatic N) is 1. The van der Waals surface area contributed by atoms with E-state index in [-0.39, 0.29) is 12.4 Å². The summed E-state index contributed by atoms with van der Waals surface area (Å²) in [6.07, 6.45) is -10.5. The molecule has 5 N–H and O–H groups in total. The van der Waals surface area contributed by atoms with Crippen LogP contribution in [0.2, 0.25) is 0 Å². The molecule has 0 saturated carbocycles. The number of carbonyl (C=O) groups is 2. The van der Waals surface area contributed by atoms with Gasteiger partial charge in [0.1, 0.15) is 6.29 Å². The number of methoxy groups -OCH3 is 1. The van der Waals surface area contributed by atoms with Crippen molar-refractivity contribution in [3.8, 4) is 0 Å². The maximum absolute atomic E-state index is 12.2. The number of hydrogen-bond donors (Lipinski definition) is 3. The minimum Gasteiger partial charge on any atom is -0.452 e. The topological polar surface area (TPSA) is 111 Å². The predicted molar refractivity (Wildman–Crippen MR) is 120 cm³/mol. The lowest BCUT2D eigenvalue weighted by molar-refractivity contribution is -0.143. The molecule has 1 amide bonds. The number of amides is 1. The minimum absolute atomic E-state index is 0.0347. The second-order valence-corrected chi connectivity index (χ2v) is 6.80. The number of ether oxygens (including phenoxy) is 1. The fourth-order valence-electron chi connectivity index (χ4n) is 2.56. The van der Waals surface area contributed by atoms with Crippen LogP contribution >= 0.6 is 0 Å². The van der Waals surface area contributed by atoms with E-state index in [4.69, 9.17) is 5.73 Å². The molecule has 7 nitrogen and oxygen atoms in total. The highest BCUT2D eigenvalue weighted by atomic mass is 19.4. The third-order valence-electron chi connectivity index (χ3n) is 4.20. The molecular formula is C22H28F6N4O3. The molecule has 0 aromatic heterocycles. The number of rotatable bonds is 5. The number of nitrogens with one attached hydrogen (secondary N) is 1. The number of anilines is 1. The van der Waals surface area contributed by atoms with Crippen molar-refractivity contribution in [3.05, 3.63) is 64.7 Å². The van der Waals surface area contributed by atoms with Gasteiger partial charge in [-0.1, -0.05) is 12.1 Å². The smallest absolute Gasteiger partial charge is 0.421 e. The summed E-state index contributed by atoms with van der Waals surface area (Å²) in [6.45, 7) is 6.92. The molecule has 0 saturated heterocycles. The Kier molecular flexibility index (Phi) is 13.4. The van der Waals surface area contributed by atoms with Crippen molar-refractivity contribution in [1.29, 1.82) is 0 Å². The molecule has 35 heavy (non-hydrogen) atoms. The number of alkyl halides is 6. The van der Waals surface area contributed by atoms with Gasteiger partial charge in [0.15, 0.2) is 0 Å². The van der Waals surface area contributed by atoms with Crippen LogP contribution in [-0.4, -0.2) is 39.1 Å². The third kappa shape index (κ3) is 12.1. The van der Waals surface area contributed by atoms with E-state index in [9.17, 15) is 35.9 Å². The molecule has 0 aliphatic heterocycles. The highest BCUT2D eigenvalue weighted by molar-refractivity contribution is 5.75. The van der Waals surface area contributed by atoms with Crippen molar-refractivity contribution in [2.75, 3.05) is 31.6 Å². The van der Waals surface area contributed by atoms with Crippen LogP contribution in [0.15, 0.2) is 42.5 Å². The number of carbonyl (C=O) groups excluding carboxylic acids is 2. The van der Waals surface area contributed by atoms with Gasteiger partial charge >= 0.3 is 18.4 Å². The molecule has 0 fully saturated rings. The fraction of sp³-hybridized carbons (Fsp3) is 0.364. The largest absolute Gasteiger partial charge is 0.452 e. The molecule has 0 atom stereocenters. The highest BCUT2D eigenvalue weighted by Crippen LogP contribution is 2.35. The Labute approximate surface area is 199 Å². The molecule has 2 aromatic rings. The maximum Gasteiger partial charge on any atom is 0.421 e. The van der Waals surface area contributed by atoms with Gasteiger partial charge in [-0.25, -0.2) is 10.6 Å². The Bertz CT molecular complexity index is 898. The summed E-state index contributed by atoms with van der Waals surface area (Å²) in [5.41, 5.74) is 6.21. The van der Waals surface area contributed by atoms with Crippen LogP contribution in [0.1, 0.15) is 34.0 Å². The van der Waals surface area contributed by atoms with Crippen molar-refractivity contribution in [3.63, 3.8) is 0 Å². The lowest BCUT2D eigenvalue weighted by atomic mass is 10.1. The maximum atomic E-state index is 12.2. The summed E-state index contributed by atoms with van der Waals surface area (Å²) >= 11 is 0. The molecule has 2 aromatic carbocycles. The van der Waals surface area contributed by atoms with Crippen LogP contribution in [0.25, 0.3) is 0 Å². The molecule has 196 valence electrons. The van der Waals surface area contributed by atoms with E-state index in [1.54, 1.807) is 5.43 Å². The number of nitrogens with two attached hydrogens (primary N) is 2. The average molecular weight is 510 g/mol. The average Bonchev–Trinajstić information content (AvgIpc) is 2.81. The zero-order chi connectivity index (χ0) is 27.2. The Balaban J connectivity index is 0.000000546. The Morgan fingerprint density at radius 3 is 1.91 bits per heavy atom. The van der Waals surface area contributed by atoms with Crippen molar-refractivity contribution in [2.24, 2.45) is 11.6 Å². The first-order valence-corrected chi connectivity index (χ1v) is 10.0. The van der Waals surface area contributed by atoms with Gasteiger partial charge in [0.05, 0.1) is 18.2 Å². The SMILES string of the molecule is CCN(CCN)c1cccc(C)c1.COC(=O)NN.O=Cc1cc(C(F)(F)F)cc(C(F)(F)F)c1. The van der Waals surface area contributed by atoms with Gasteiger partial charge < -0.3 is 15.4 Å².